The summed E-state index contributed by atoms with van der Waals surface area (Å²) in [7, 11) is 0. The highest BCUT2D eigenvalue weighted by Gasteiger charge is 2.48. The smallest absolute Gasteiger partial charge is 0.325 e. The van der Waals surface area contributed by atoms with Crippen molar-refractivity contribution in [3.8, 4) is 11.8 Å². The fourth-order valence-corrected chi connectivity index (χ4v) is 3.54. The molecule has 1 N–H and O–H groups in total. The van der Waals surface area contributed by atoms with Gasteiger partial charge in [-0.05, 0) is 56.9 Å². The van der Waals surface area contributed by atoms with Crippen LogP contribution in [-0.2, 0) is 4.79 Å². The number of amides is 3. The Balaban J connectivity index is 1.62. The van der Waals surface area contributed by atoms with Gasteiger partial charge in [0.2, 0.25) is 0 Å². The molecular weight excluding hydrogens is 330 g/mol. The molecule has 1 aliphatic heterocycles. The summed E-state index contributed by atoms with van der Waals surface area (Å²) in [5, 5.41) is 16.1. The van der Waals surface area contributed by atoms with E-state index in [4.69, 9.17) is 5.26 Å². The zero-order valence-electron chi connectivity index (χ0n) is 14.6. The number of nitrogens with zero attached hydrogens (tertiary/aromatic N) is 4. The highest BCUT2D eigenvalue weighted by molar-refractivity contribution is 6.05. The van der Waals surface area contributed by atoms with Crippen LogP contribution < -0.4 is 5.32 Å². The van der Waals surface area contributed by atoms with Gasteiger partial charge in [-0.2, -0.15) is 10.4 Å². The fraction of sp³-hybridized carbons (Fsp3) is 0.368. The average Bonchev–Trinajstić information content (AvgIpc) is 3.35. The lowest BCUT2D eigenvalue weighted by Crippen LogP contribution is -2.34. The Bertz CT molecular complexity index is 920. The lowest BCUT2D eigenvalue weighted by molar-refractivity contribution is -0.129. The molecule has 0 radical (unpaired) electrons. The van der Waals surface area contributed by atoms with Crippen LogP contribution in [0.1, 0.15) is 42.6 Å². The highest BCUT2D eigenvalue weighted by atomic mass is 16.2. The number of imide groups is 1. The third-order valence-electron chi connectivity index (χ3n) is 5.22. The summed E-state index contributed by atoms with van der Waals surface area (Å²) < 4.78 is 1.75. The molecule has 2 fully saturated rings. The number of benzene rings is 1. The molecular formula is C19H19N5O2. The highest BCUT2D eigenvalue weighted by Crippen LogP contribution is 2.37. The number of nitriles is 1. The maximum Gasteiger partial charge on any atom is 0.325 e. The van der Waals surface area contributed by atoms with Gasteiger partial charge in [0.25, 0.3) is 5.91 Å². The SMILES string of the molecule is Cc1c(C(C)N2C(=O)NC(C3CC3)C2=O)cnn1-c1ccc(C#N)cc1. The topological polar surface area (TPSA) is 91.0 Å². The van der Waals surface area contributed by atoms with Crippen molar-refractivity contribution < 1.29 is 9.59 Å². The van der Waals surface area contributed by atoms with Crippen molar-refractivity contribution in [2.45, 2.75) is 38.8 Å². The predicted molar refractivity (Wildman–Crippen MR) is 93.3 cm³/mol. The molecule has 1 saturated carbocycles. The lowest BCUT2D eigenvalue weighted by Gasteiger charge is -2.21. The lowest BCUT2D eigenvalue weighted by atomic mass is 10.1. The molecule has 1 aromatic carbocycles. The first-order valence-electron chi connectivity index (χ1n) is 8.70. The first-order chi connectivity index (χ1) is 12.5. The standard InChI is InChI=1S/C19H19N5O2/c1-11(23-18(25)17(14-5-6-14)22-19(23)26)16-10-21-24(12(16)2)15-7-3-13(9-20)4-8-15/h3-4,7-8,10-11,14,17H,5-6H2,1-2H3,(H,22,26). The van der Waals surface area contributed by atoms with E-state index >= 15 is 0 Å². The number of hydrogen-bond acceptors (Lipinski definition) is 4. The van der Waals surface area contributed by atoms with Gasteiger partial charge < -0.3 is 5.32 Å². The van der Waals surface area contributed by atoms with E-state index in [1.165, 1.54) is 4.90 Å². The van der Waals surface area contributed by atoms with Crippen LogP contribution in [0.5, 0.6) is 0 Å². The van der Waals surface area contributed by atoms with E-state index in [1.807, 2.05) is 26.0 Å². The van der Waals surface area contributed by atoms with Crippen molar-refractivity contribution in [3.63, 3.8) is 0 Å². The van der Waals surface area contributed by atoms with Crippen LogP contribution in [0.3, 0.4) is 0 Å². The third kappa shape index (κ3) is 2.54. The van der Waals surface area contributed by atoms with Gasteiger partial charge in [-0.25, -0.2) is 9.48 Å². The van der Waals surface area contributed by atoms with Gasteiger partial charge in [0.05, 0.1) is 29.6 Å². The molecule has 2 unspecified atom stereocenters. The molecule has 4 rings (SSSR count). The van der Waals surface area contributed by atoms with Gasteiger partial charge >= 0.3 is 6.03 Å². The van der Waals surface area contributed by atoms with Crippen LogP contribution in [0.15, 0.2) is 30.5 Å². The van der Waals surface area contributed by atoms with E-state index in [0.717, 1.165) is 29.8 Å². The van der Waals surface area contributed by atoms with E-state index in [9.17, 15) is 9.59 Å². The molecule has 7 heteroatoms. The Morgan fingerprint density at radius 2 is 1.96 bits per heavy atom. The molecule has 0 bridgehead atoms. The zero-order valence-corrected chi connectivity index (χ0v) is 14.6. The average molecular weight is 349 g/mol. The molecule has 2 aliphatic rings. The molecule has 2 heterocycles. The molecule has 132 valence electrons. The number of carbonyl (C=O) groups is 2. The minimum absolute atomic E-state index is 0.143. The first-order valence-corrected chi connectivity index (χ1v) is 8.70. The van der Waals surface area contributed by atoms with Gasteiger partial charge in [-0.15, -0.1) is 0 Å². The normalized spacial score (nSPS) is 20.8. The molecule has 3 amide bonds. The summed E-state index contributed by atoms with van der Waals surface area (Å²) in [6.45, 7) is 3.76. The summed E-state index contributed by atoms with van der Waals surface area (Å²) in [5.74, 6) is 0.140. The van der Waals surface area contributed by atoms with Crippen LogP contribution in [0.25, 0.3) is 5.69 Å². The Hall–Kier alpha value is -3.14. The number of nitrogens with one attached hydrogen (secondary N) is 1. The summed E-state index contributed by atoms with van der Waals surface area (Å²) in [6.07, 6.45) is 3.69. The van der Waals surface area contributed by atoms with Gasteiger partial charge in [0.1, 0.15) is 6.04 Å². The number of rotatable bonds is 4. The predicted octanol–water partition coefficient (Wildman–Crippen LogP) is 2.44. The number of aromatic nitrogens is 2. The molecule has 26 heavy (non-hydrogen) atoms. The van der Waals surface area contributed by atoms with Gasteiger partial charge in [0.15, 0.2) is 0 Å². The van der Waals surface area contributed by atoms with E-state index in [0.29, 0.717) is 5.56 Å². The summed E-state index contributed by atoms with van der Waals surface area (Å²) in [6, 6.07) is 8.11. The molecule has 1 aromatic heterocycles. The second kappa shape index (κ2) is 5.99. The van der Waals surface area contributed by atoms with Crippen LogP contribution in [0.2, 0.25) is 0 Å². The summed E-state index contributed by atoms with van der Waals surface area (Å²) in [5.41, 5.74) is 3.09. The molecule has 1 aliphatic carbocycles. The Kier molecular flexibility index (Phi) is 3.76. The molecule has 2 aromatic rings. The van der Waals surface area contributed by atoms with E-state index in [1.54, 1.807) is 23.0 Å². The second-order valence-electron chi connectivity index (χ2n) is 6.90. The van der Waals surface area contributed by atoms with Gasteiger partial charge in [-0.3, -0.25) is 9.69 Å². The minimum Gasteiger partial charge on any atom is -0.325 e. The van der Waals surface area contributed by atoms with Gasteiger partial charge in [-0.1, -0.05) is 0 Å². The summed E-state index contributed by atoms with van der Waals surface area (Å²) in [4.78, 5) is 26.3. The molecule has 1 saturated heterocycles. The number of urea groups is 1. The third-order valence-corrected chi connectivity index (χ3v) is 5.22. The molecule has 2 atom stereocenters. The van der Waals surface area contributed by atoms with E-state index in [-0.39, 0.29) is 23.9 Å². The summed E-state index contributed by atoms with van der Waals surface area (Å²) >= 11 is 0. The monoisotopic (exact) mass is 349 g/mol. The largest absolute Gasteiger partial charge is 0.325 e. The molecule has 0 spiro atoms. The Morgan fingerprint density at radius 1 is 1.27 bits per heavy atom. The second-order valence-corrected chi connectivity index (χ2v) is 6.90. The maximum atomic E-state index is 12.7. The van der Waals surface area contributed by atoms with Crippen LogP contribution in [0.4, 0.5) is 4.79 Å². The van der Waals surface area contributed by atoms with Crippen molar-refractivity contribution in [1.82, 2.24) is 20.0 Å². The van der Waals surface area contributed by atoms with Crippen LogP contribution in [-0.4, -0.2) is 32.7 Å². The van der Waals surface area contributed by atoms with Gasteiger partial charge in [0, 0.05) is 11.3 Å². The number of carbonyl (C=O) groups excluding carboxylic acids is 2. The zero-order chi connectivity index (χ0) is 18.4. The van der Waals surface area contributed by atoms with Crippen LogP contribution in [0, 0.1) is 24.2 Å². The van der Waals surface area contributed by atoms with Crippen LogP contribution >= 0.6 is 0 Å². The maximum absolute atomic E-state index is 12.7. The van der Waals surface area contributed by atoms with Crippen molar-refractivity contribution >= 4 is 11.9 Å². The Morgan fingerprint density at radius 3 is 2.58 bits per heavy atom. The first kappa shape index (κ1) is 16.3. The quantitative estimate of drug-likeness (QED) is 0.858. The fourth-order valence-electron chi connectivity index (χ4n) is 3.54. The van der Waals surface area contributed by atoms with Crippen molar-refractivity contribution in [2.24, 2.45) is 5.92 Å². The van der Waals surface area contributed by atoms with Crippen molar-refractivity contribution in [1.29, 1.82) is 5.26 Å². The number of hydrogen-bond donors (Lipinski definition) is 1. The van der Waals surface area contributed by atoms with E-state index < -0.39 is 6.04 Å². The van der Waals surface area contributed by atoms with Crippen molar-refractivity contribution in [2.75, 3.05) is 0 Å². The molecule has 7 nitrogen and oxygen atoms in total. The van der Waals surface area contributed by atoms with E-state index in [2.05, 4.69) is 16.5 Å². The Labute approximate surface area is 151 Å². The van der Waals surface area contributed by atoms with Crippen molar-refractivity contribution in [3.05, 3.63) is 47.3 Å². The minimum atomic E-state index is -0.390.